The van der Waals surface area contributed by atoms with Gasteiger partial charge in [0.2, 0.25) is 0 Å². The largest absolute Gasteiger partial charge is 0.368 e. The van der Waals surface area contributed by atoms with Crippen molar-refractivity contribution in [1.82, 2.24) is 4.98 Å². The Labute approximate surface area is 125 Å². The molecule has 1 fully saturated rings. The Bertz CT molecular complexity index is 483. The number of halogens is 2. The molecule has 1 N–H and O–H groups in total. The number of hydrogen-bond acceptors (Lipinski definition) is 3. The van der Waals surface area contributed by atoms with E-state index in [0.29, 0.717) is 12.0 Å². The van der Waals surface area contributed by atoms with Crippen molar-refractivity contribution >= 4 is 11.6 Å². The molecule has 1 aliphatic heterocycles. The number of rotatable bonds is 5. The minimum atomic E-state index is -0.625. The summed E-state index contributed by atoms with van der Waals surface area (Å²) >= 11 is 0. The van der Waals surface area contributed by atoms with Crippen LogP contribution in [0.1, 0.15) is 46.5 Å². The molecule has 1 aromatic heterocycles. The number of nitrogens with one attached hydrogen (secondary N) is 1. The third-order valence-corrected chi connectivity index (χ3v) is 4.58. The lowest BCUT2D eigenvalue weighted by Crippen LogP contribution is -2.39. The second-order valence-corrected chi connectivity index (χ2v) is 6.20. The second-order valence-electron chi connectivity index (χ2n) is 6.20. The molecule has 0 amide bonds. The Hall–Kier alpha value is -1.39. The Morgan fingerprint density at radius 1 is 1.24 bits per heavy atom. The Kier molecular flexibility index (Phi) is 5.01. The van der Waals surface area contributed by atoms with Crippen LogP contribution >= 0.6 is 0 Å². The third-order valence-electron chi connectivity index (χ3n) is 4.58. The van der Waals surface area contributed by atoms with Gasteiger partial charge < -0.3 is 10.2 Å². The molecule has 3 nitrogen and oxygen atoms in total. The van der Waals surface area contributed by atoms with Crippen LogP contribution in [0.5, 0.6) is 0 Å². The van der Waals surface area contributed by atoms with E-state index in [2.05, 4.69) is 24.1 Å². The van der Waals surface area contributed by atoms with Gasteiger partial charge in [0.25, 0.3) is 0 Å². The molecule has 1 aliphatic rings. The maximum atomic E-state index is 14.0. The molecule has 0 radical (unpaired) electrons. The van der Waals surface area contributed by atoms with Gasteiger partial charge in [0.1, 0.15) is 0 Å². The van der Waals surface area contributed by atoms with E-state index in [1.807, 2.05) is 11.8 Å². The minimum absolute atomic E-state index is 0.150. The molecule has 2 heterocycles. The van der Waals surface area contributed by atoms with Crippen molar-refractivity contribution in [1.29, 1.82) is 0 Å². The lowest BCUT2D eigenvalue weighted by Gasteiger charge is -2.39. The second kappa shape index (κ2) is 6.58. The van der Waals surface area contributed by atoms with Crippen LogP contribution in [-0.4, -0.2) is 24.6 Å². The van der Waals surface area contributed by atoms with Crippen molar-refractivity contribution in [2.24, 2.45) is 5.41 Å². The predicted molar refractivity (Wildman–Crippen MR) is 82.8 cm³/mol. The van der Waals surface area contributed by atoms with Crippen LogP contribution in [0.4, 0.5) is 20.4 Å². The molecule has 1 saturated heterocycles. The van der Waals surface area contributed by atoms with E-state index >= 15 is 0 Å². The number of hydrogen-bond donors (Lipinski definition) is 1. The van der Waals surface area contributed by atoms with E-state index in [1.165, 1.54) is 0 Å². The zero-order chi connectivity index (χ0) is 15.5. The molecule has 0 saturated carbocycles. The van der Waals surface area contributed by atoms with E-state index < -0.39 is 11.6 Å². The molecule has 5 heteroatoms. The fourth-order valence-corrected chi connectivity index (χ4v) is 2.66. The minimum Gasteiger partial charge on any atom is -0.368 e. The predicted octanol–water partition coefficient (Wildman–Crippen LogP) is 4.20. The highest BCUT2D eigenvalue weighted by Gasteiger charge is 2.30. The summed E-state index contributed by atoms with van der Waals surface area (Å²) in [5, 5.41) is 2.92. The Morgan fingerprint density at radius 2 is 1.90 bits per heavy atom. The fourth-order valence-electron chi connectivity index (χ4n) is 2.66. The van der Waals surface area contributed by atoms with Crippen LogP contribution in [0.25, 0.3) is 0 Å². The number of anilines is 2. The molecule has 21 heavy (non-hydrogen) atoms. The van der Waals surface area contributed by atoms with Crippen LogP contribution in [0.3, 0.4) is 0 Å². The van der Waals surface area contributed by atoms with Crippen molar-refractivity contribution in [2.75, 3.05) is 29.9 Å². The average molecular weight is 297 g/mol. The van der Waals surface area contributed by atoms with Gasteiger partial charge in [-0.3, -0.25) is 0 Å². The van der Waals surface area contributed by atoms with Crippen molar-refractivity contribution in [3.05, 3.63) is 17.7 Å². The number of piperidine rings is 1. The van der Waals surface area contributed by atoms with Crippen LogP contribution in [0, 0.1) is 17.0 Å². The average Bonchev–Trinajstić information content (AvgIpc) is 2.48. The highest BCUT2D eigenvalue weighted by atomic mass is 19.1. The quantitative estimate of drug-likeness (QED) is 0.883. The summed E-state index contributed by atoms with van der Waals surface area (Å²) in [4.78, 5) is 6.11. The molecule has 0 unspecified atom stereocenters. The fraction of sp³-hybridized carbons (Fsp3) is 0.688. The van der Waals surface area contributed by atoms with Gasteiger partial charge in [-0.15, -0.1) is 0 Å². The monoisotopic (exact) mass is 297 g/mol. The molecule has 0 aromatic carbocycles. The van der Waals surface area contributed by atoms with Crippen LogP contribution in [-0.2, 0) is 0 Å². The normalized spacial score (nSPS) is 17.9. The van der Waals surface area contributed by atoms with Gasteiger partial charge in [-0.2, -0.15) is 0 Å². The van der Waals surface area contributed by atoms with Crippen LogP contribution in [0.2, 0.25) is 0 Å². The molecule has 0 atom stereocenters. The summed E-state index contributed by atoms with van der Waals surface area (Å²) in [6, 6.07) is 0.938. The summed E-state index contributed by atoms with van der Waals surface area (Å²) in [6.07, 6.45) is 4.02. The van der Waals surface area contributed by atoms with Gasteiger partial charge >= 0.3 is 0 Å². The van der Waals surface area contributed by atoms with E-state index in [1.54, 1.807) is 0 Å². The SMILES string of the molecule is CCCNc1nc(N2CCC(C)(CC)CC2)c(F)cc1F. The lowest BCUT2D eigenvalue weighted by molar-refractivity contribution is 0.237. The van der Waals surface area contributed by atoms with E-state index in [-0.39, 0.29) is 11.6 Å². The first-order valence-electron chi connectivity index (χ1n) is 7.84. The van der Waals surface area contributed by atoms with Gasteiger partial charge in [-0.05, 0) is 24.7 Å². The van der Waals surface area contributed by atoms with Gasteiger partial charge in [0, 0.05) is 25.7 Å². The molecular formula is C16H25F2N3. The summed E-state index contributed by atoms with van der Waals surface area (Å²) in [5.74, 6) is -0.778. The molecular weight excluding hydrogens is 272 g/mol. The standard InChI is InChI=1S/C16H25F2N3/c1-4-8-19-14-12(17)11-13(18)15(20-14)21-9-6-16(3,5-2)7-10-21/h11H,4-10H2,1-3H3,(H,19,20). The van der Waals surface area contributed by atoms with Gasteiger partial charge in [-0.25, -0.2) is 13.8 Å². The van der Waals surface area contributed by atoms with E-state index in [0.717, 1.165) is 44.8 Å². The molecule has 2 rings (SSSR count). The first kappa shape index (κ1) is 16.0. The molecule has 0 bridgehead atoms. The summed E-state index contributed by atoms with van der Waals surface area (Å²) in [5.41, 5.74) is 0.330. The first-order chi connectivity index (χ1) is 9.99. The summed E-state index contributed by atoms with van der Waals surface area (Å²) in [6.45, 7) is 8.63. The Morgan fingerprint density at radius 3 is 2.48 bits per heavy atom. The molecule has 0 aliphatic carbocycles. The molecule has 1 aromatic rings. The van der Waals surface area contributed by atoms with Crippen molar-refractivity contribution in [2.45, 2.75) is 46.5 Å². The first-order valence-corrected chi connectivity index (χ1v) is 7.84. The highest BCUT2D eigenvalue weighted by Crippen LogP contribution is 2.36. The Balaban J connectivity index is 2.16. The highest BCUT2D eigenvalue weighted by molar-refractivity contribution is 5.49. The van der Waals surface area contributed by atoms with Crippen molar-refractivity contribution < 1.29 is 8.78 Å². The van der Waals surface area contributed by atoms with E-state index in [4.69, 9.17) is 0 Å². The van der Waals surface area contributed by atoms with Crippen LogP contribution in [0.15, 0.2) is 6.07 Å². The summed E-state index contributed by atoms with van der Waals surface area (Å²) in [7, 11) is 0. The van der Waals surface area contributed by atoms with Gasteiger partial charge in [-0.1, -0.05) is 27.2 Å². The number of pyridine rings is 1. The third kappa shape index (κ3) is 3.63. The van der Waals surface area contributed by atoms with Gasteiger partial charge in [0.15, 0.2) is 23.3 Å². The zero-order valence-corrected chi connectivity index (χ0v) is 13.2. The van der Waals surface area contributed by atoms with E-state index in [9.17, 15) is 8.78 Å². The lowest BCUT2D eigenvalue weighted by atomic mass is 9.78. The maximum Gasteiger partial charge on any atom is 0.168 e. The topological polar surface area (TPSA) is 28.2 Å². The summed E-state index contributed by atoms with van der Waals surface area (Å²) < 4.78 is 27.8. The molecule has 0 spiro atoms. The van der Waals surface area contributed by atoms with Crippen LogP contribution < -0.4 is 10.2 Å². The zero-order valence-electron chi connectivity index (χ0n) is 13.2. The molecule has 118 valence electrons. The number of aromatic nitrogens is 1. The number of nitrogens with zero attached hydrogens (tertiary/aromatic N) is 2. The van der Waals surface area contributed by atoms with Crippen molar-refractivity contribution in [3.8, 4) is 0 Å². The van der Waals surface area contributed by atoms with Gasteiger partial charge in [0.05, 0.1) is 0 Å². The van der Waals surface area contributed by atoms with Crippen molar-refractivity contribution in [3.63, 3.8) is 0 Å². The smallest absolute Gasteiger partial charge is 0.168 e. The maximum absolute atomic E-state index is 14.0.